The first-order valence-electron chi connectivity index (χ1n) is 8.75. The van der Waals surface area contributed by atoms with Crippen LogP contribution in [0.3, 0.4) is 0 Å². The van der Waals surface area contributed by atoms with Gasteiger partial charge >= 0.3 is 5.97 Å². The van der Waals surface area contributed by atoms with E-state index in [1.54, 1.807) is 0 Å². The number of carbonyl (C=O) groups is 1. The summed E-state index contributed by atoms with van der Waals surface area (Å²) in [5.74, 6) is -0.897. The number of hydrogen-bond acceptors (Lipinski definition) is 1. The second-order valence-electron chi connectivity index (χ2n) is 6.52. The van der Waals surface area contributed by atoms with Gasteiger partial charge < -0.3 is 5.11 Å². The monoisotopic (exact) mass is 362 g/mol. The SMILES string of the molecule is CC(C)C(C(=O)O)=P(c1ccccc1)(c1ccccc1)c1ccccc1. The highest BCUT2D eigenvalue weighted by Crippen LogP contribution is 2.47. The second kappa shape index (κ2) is 7.76. The van der Waals surface area contributed by atoms with Gasteiger partial charge in [-0.1, -0.05) is 105 Å². The molecular formula is C23H23O2P. The topological polar surface area (TPSA) is 37.3 Å². The van der Waals surface area contributed by atoms with Crippen molar-refractivity contribution in [1.29, 1.82) is 0 Å². The van der Waals surface area contributed by atoms with Crippen LogP contribution in [-0.4, -0.2) is 16.4 Å². The molecule has 3 aromatic carbocycles. The van der Waals surface area contributed by atoms with Gasteiger partial charge in [0.1, 0.15) is 0 Å². The van der Waals surface area contributed by atoms with Gasteiger partial charge in [-0.15, -0.1) is 0 Å². The van der Waals surface area contributed by atoms with Crippen molar-refractivity contribution in [3.05, 3.63) is 91.0 Å². The molecule has 132 valence electrons. The molecule has 0 fully saturated rings. The van der Waals surface area contributed by atoms with Gasteiger partial charge in [0, 0.05) is 5.29 Å². The predicted molar refractivity (Wildman–Crippen MR) is 113 cm³/mol. The highest BCUT2D eigenvalue weighted by Gasteiger charge is 2.34. The molecule has 26 heavy (non-hydrogen) atoms. The molecule has 0 aliphatic heterocycles. The van der Waals surface area contributed by atoms with E-state index < -0.39 is 12.9 Å². The third kappa shape index (κ3) is 3.13. The summed E-state index contributed by atoms with van der Waals surface area (Å²) in [5, 5.41) is 14.1. The van der Waals surface area contributed by atoms with Crippen LogP contribution in [0, 0.1) is 5.92 Å². The number of hydrogen-bond donors (Lipinski definition) is 1. The fourth-order valence-corrected chi connectivity index (χ4v) is 8.25. The van der Waals surface area contributed by atoms with E-state index in [1.807, 2.05) is 68.4 Å². The molecular weight excluding hydrogens is 339 g/mol. The largest absolute Gasteiger partial charge is 0.478 e. The molecule has 1 N–H and O–H groups in total. The molecule has 0 atom stereocenters. The maximum atomic E-state index is 12.5. The Hall–Kier alpha value is -2.57. The lowest BCUT2D eigenvalue weighted by molar-refractivity contribution is -0.129. The molecule has 0 unspecified atom stereocenters. The standard InChI is InChI=1S/C23H23O2P/c1-18(2)22(23(24)25)26(19-12-6-3-7-13-19,20-14-8-4-9-15-20)21-16-10-5-11-17-21/h3-18H,1-2H3,(H,24,25). The predicted octanol–water partition coefficient (Wildman–Crippen LogP) is 3.89. The zero-order valence-electron chi connectivity index (χ0n) is 15.0. The molecule has 0 saturated heterocycles. The molecule has 0 radical (unpaired) electrons. The number of carboxylic acid groups (broad SMARTS) is 1. The van der Waals surface area contributed by atoms with Crippen molar-refractivity contribution < 1.29 is 9.90 Å². The van der Waals surface area contributed by atoms with Crippen LogP contribution in [0.5, 0.6) is 0 Å². The molecule has 3 rings (SSSR count). The Balaban J connectivity index is 2.61. The van der Waals surface area contributed by atoms with Crippen molar-refractivity contribution in [3.8, 4) is 0 Å². The Kier molecular flexibility index (Phi) is 5.44. The average Bonchev–Trinajstić information content (AvgIpc) is 2.67. The van der Waals surface area contributed by atoms with Crippen LogP contribution in [0.1, 0.15) is 13.8 Å². The summed E-state index contributed by atoms with van der Waals surface area (Å²) in [5.41, 5.74) is 0. The quantitative estimate of drug-likeness (QED) is 0.699. The molecule has 0 spiro atoms. The van der Waals surface area contributed by atoms with E-state index in [4.69, 9.17) is 0 Å². The van der Waals surface area contributed by atoms with E-state index in [2.05, 4.69) is 36.4 Å². The summed E-state index contributed by atoms with van der Waals surface area (Å²) in [6.07, 6.45) is 0. The third-order valence-corrected chi connectivity index (χ3v) is 9.21. The average molecular weight is 362 g/mol. The summed E-state index contributed by atoms with van der Waals surface area (Å²) in [4.78, 5) is 12.5. The molecule has 3 heteroatoms. The summed E-state index contributed by atoms with van der Waals surface area (Å²) in [7, 11) is 0. The number of rotatable bonds is 5. The first-order valence-corrected chi connectivity index (χ1v) is 10.5. The molecule has 0 saturated carbocycles. The molecule has 3 aromatic rings. The summed E-state index contributed by atoms with van der Waals surface area (Å²) in [6, 6.07) is 30.3. The number of benzene rings is 3. The fraction of sp³-hybridized carbons (Fsp3) is 0.130. The van der Waals surface area contributed by atoms with Gasteiger partial charge in [0.2, 0.25) is 0 Å². The minimum atomic E-state index is -2.46. The van der Waals surface area contributed by atoms with Crippen molar-refractivity contribution in [1.82, 2.24) is 0 Å². The van der Waals surface area contributed by atoms with Gasteiger partial charge in [-0.05, 0) is 28.7 Å². The van der Waals surface area contributed by atoms with Crippen LogP contribution < -0.4 is 15.9 Å². The zero-order chi connectivity index (χ0) is 18.6. The first-order chi connectivity index (χ1) is 12.6. The molecule has 0 amide bonds. The minimum absolute atomic E-state index is 0.0820. The highest BCUT2D eigenvalue weighted by molar-refractivity contribution is 7.96. The normalized spacial score (nSPS) is 11.3. The maximum Gasteiger partial charge on any atom is 0.332 e. The van der Waals surface area contributed by atoms with E-state index >= 15 is 0 Å². The summed E-state index contributed by atoms with van der Waals surface area (Å²) in [6.45, 7) is 1.50. The Labute approximate surface area is 155 Å². The van der Waals surface area contributed by atoms with Crippen LogP contribution in [0.2, 0.25) is 0 Å². The van der Waals surface area contributed by atoms with Gasteiger partial charge in [0.05, 0.1) is 0 Å². The Morgan fingerprint density at radius 3 is 1.23 bits per heavy atom. The molecule has 0 aliphatic rings. The smallest absolute Gasteiger partial charge is 0.332 e. The molecule has 0 aliphatic carbocycles. The van der Waals surface area contributed by atoms with Crippen molar-refractivity contribution in [2.24, 2.45) is 5.92 Å². The minimum Gasteiger partial charge on any atom is -0.478 e. The Morgan fingerprint density at radius 1 is 0.692 bits per heavy atom. The first kappa shape index (κ1) is 18.2. The van der Waals surface area contributed by atoms with Gasteiger partial charge in [-0.3, -0.25) is 0 Å². The number of aliphatic carboxylic acids is 1. The lowest BCUT2D eigenvalue weighted by Gasteiger charge is -2.32. The Morgan fingerprint density at radius 2 is 1.00 bits per heavy atom. The summed E-state index contributed by atoms with van der Waals surface area (Å²) < 4.78 is 0. The van der Waals surface area contributed by atoms with Crippen molar-refractivity contribution >= 4 is 34.1 Å². The fourth-order valence-electron chi connectivity index (χ4n) is 3.60. The lowest BCUT2D eigenvalue weighted by Crippen LogP contribution is -2.35. The number of carboxylic acids is 1. The van der Waals surface area contributed by atoms with E-state index in [0.717, 1.165) is 15.9 Å². The third-order valence-electron chi connectivity index (χ3n) is 4.56. The van der Waals surface area contributed by atoms with Crippen LogP contribution >= 0.6 is 6.89 Å². The zero-order valence-corrected chi connectivity index (χ0v) is 15.9. The molecule has 0 aromatic heterocycles. The lowest BCUT2D eigenvalue weighted by atomic mass is 10.1. The van der Waals surface area contributed by atoms with Crippen molar-refractivity contribution in [2.75, 3.05) is 0 Å². The molecule has 2 nitrogen and oxygen atoms in total. The van der Waals surface area contributed by atoms with Crippen LogP contribution in [-0.2, 0) is 4.79 Å². The van der Waals surface area contributed by atoms with Gasteiger partial charge in [0.25, 0.3) is 0 Å². The molecule has 0 heterocycles. The van der Waals surface area contributed by atoms with Crippen LogP contribution in [0.4, 0.5) is 0 Å². The van der Waals surface area contributed by atoms with E-state index in [-0.39, 0.29) is 5.92 Å². The van der Waals surface area contributed by atoms with Gasteiger partial charge in [-0.25, -0.2) is 4.79 Å². The van der Waals surface area contributed by atoms with E-state index in [9.17, 15) is 9.90 Å². The second-order valence-corrected chi connectivity index (χ2v) is 9.90. The van der Waals surface area contributed by atoms with Crippen molar-refractivity contribution in [3.63, 3.8) is 0 Å². The highest BCUT2D eigenvalue weighted by atomic mass is 31.2. The van der Waals surface area contributed by atoms with Gasteiger partial charge in [-0.2, -0.15) is 0 Å². The van der Waals surface area contributed by atoms with Crippen LogP contribution in [0.15, 0.2) is 91.0 Å². The van der Waals surface area contributed by atoms with Crippen molar-refractivity contribution in [2.45, 2.75) is 13.8 Å². The van der Waals surface area contributed by atoms with E-state index in [0.29, 0.717) is 5.29 Å². The Bertz CT molecular complexity index is 826. The van der Waals surface area contributed by atoms with Gasteiger partial charge in [0.15, 0.2) is 0 Å². The summed E-state index contributed by atoms with van der Waals surface area (Å²) >= 11 is 0. The van der Waals surface area contributed by atoms with Crippen LogP contribution in [0.25, 0.3) is 0 Å². The maximum absolute atomic E-state index is 12.5. The molecule has 0 bridgehead atoms. The van der Waals surface area contributed by atoms with E-state index in [1.165, 1.54) is 0 Å².